The molecule has 9 nitrogen and oxygen atoms in total. The van der Waals surface area contributed by atoms with Gasteiger partial charge in [-0.1, -0.05) is 11.6 Å². The van der Waals surface area contributed by atoms with E-state index in [1.165, 1.54) is 6.92 Å². The number of ether oxygens (including phenoxy) is 2. The molecule has 270 valence electrons. The van der Waals surface area contributed by atoms with Gasteiger partial charge in [0.2, 0.25) is 0 Å². The molecule has 5 fully saturated rings. The number of fused-ring (bicyclic) bond motifs is 3. The lowest BCUT2D eigenvalue weighted by Gasteiger charge is -2.36. The van der Waals surface area contributed by atoms with Crippen LogP contribution in [0.5, 0.6) is 11.8 Å². The predicted octanol–water partition coefficient (Wildman–Crippen LogP) is 6.37. The maximum atomic E-state index is 17.1. The zero-order valence-electron chi connectivity index (χ0n) is 27.5. The monoisotopic (exact) mass is 725 g/mol. The fraction of sp³-hybridized carbons (Fsp3) is 0.618. The highest BCUT2D eigenvalue weighted by Gasteiger charge is 2.50. The van der Waals surface area contributed by atoms with Crippen LogP contribution in [-0.4, -0.2) is 101 Å². The third-order valence-corrected chi connectivity index (χ3v) is 11.7. The quantitative estimate of drug-likeness (QED) is 0.279. The van der Waals surface area contributed by atoms with Gasteiger partial charge in [0.05, 0.1) is 45.5 Å². The number of rotatable bonds is 7. The zero-order chi connectivity index (χ0) is 35.1. The average Bonchev–Trinajstić information content (AvgIpc) is 3.38. The van der Waals surface area contributed by atoms with E-state index >= 15 is 4.39 Å². The molecule has 8 heterocycles. The first-order valence-corrected chi connectivity index (χ1v) is 17.5. The van der Waals surface area contributed by atoms with E-state index < -0.39 is 52.2 Å². The van der Waals surface area contributed by atoms with Crippen molar-refractivity contribution in [3.63, 3.8) is 0 Å². The molecule has 6 aliphatic heterocycles. The van der Waals surface area contributed by atoms with Gasteiger partial charge in [-0.2, -0.15) is 23.1 Å². The van der Waals surface area contributed by atoms with Crippen LogP contribution in [0.2, 0.25) is 5.02 Å². The normalized spacial score (nSPS) is 28.0. The van der Waals surface area contributed by atoms with Crippen LogP contribution < -0.4 is 20.1 Å². The van der Waals surface area contributed by atoms with Crippen molar-refractivity contribution >= 4 is 34.1 Å². The Morgan fingerprint density at radius 1 is 1.16 bits per heavy atom. The lowest BCUT2D eigenvalue weighted by Crippen LogP contribution is -2.45. The molecule has 0 radical (unpaired) electrons. The van der Waals surface area contributed by atoms with Gasteiger partial charge >= 0.3 is 12.2 Å². The minimum atomic E-state index is -4.92. The summed E-state index contributed by atoms with van der Waals surface area (Å²) < 4.78 is 101. The number of hydrogen-bond donors (Lipinski definition) is 1. The van der Waals surface area contributed by atoms with E-state index in [0.29, 0.717) is 44.8 Å². The van der Waals surface area contributed by atoms with E-state index in [1.807, 2.05) is 0 Å². The van der Waals surface area contributed by atoms with E-state index in [-0.39, 0.29) is 71.7 Å². The Labute approximate surface area is 290 Å². The molecule has 0 aliphatic carbocycles. The summed E-state index contributed by atoms with van der Waals surface area (Å²) in [5.41, 5.74) is 2.17. The van der Waals surface area contributed by atoms with Gasteiger partial charge in [-0.05, 0) is 63.1 Å². The Morgan fingerprint density at radius 3 is 2.76 bits per heavy atom. The number of benzene rings is 1. The van der Waals surface area contributed by atoms with Crippen LogP contribution >= 0.6 is 11.6 Å². The third-order valence-electron chi connectivity index (χ3n) is 11.4. The number of nitrogens with zero attached hydrogens (tertiary/aromatic N) is 6. The van der Waals surface area contributed by atoms with E-state index in [2.05, 4.69) is 24.7 Å². The Kier molecular flexibility index (Phi) is 8.41. The summed E-state index contributed by atoms with van der Waals surface area (Å²) in [6.45, 7) is 3.74. The van der Waals surface area contributed by atoms with Crippen LogP contribution in [0.15, 0.2) is 6.07 Å². The van der Waals surface area contributed by atoms with Gasteiger partial charge in [-0.25, -0.2) is 13.8 Å². The van der Waals surface area contributed by atoms with Crippen LogP contribution in [0.4, 0.5) is 38.0 Å². The van der Waals surface area contributed by atoms with Crippen LogP contribution in [0.25, 0.3) is 22.2 Å². The van der Waals surface area contributed by atoms with Crippen molar-refractivity contribution in [1.29, 1.82) is 0 Å². The molecule has 3 aromatic rings. The fourth-order valence-corrected chi connectivity index (χ4v) is 9.50. The Morgan fingerprint density at radius 2 is 1.98 bits per heavy atom. The van der Waals surface area contributed by atoms with Crippen molar-refractivity contribution in [3.8, 4) is 23.0 Å². The number of halogens is 7. The van der Waals surface area contributed by atoms with Crippen LogP contribution in [0.3, 0.4) is 0 Å². The Bertz CT molecular complexity index is 1830. The van der Waals surface area contributed by atoms with Gasteiger partial charge in [0.15, 0.2) is 11.6 Å². The summed E-state index contributed by atoms with van der Waals surface area (Å²) >= 11 is 6.88. The molecule has 5 atom stereocenters. The van der Waals surface area contributed by atoms with Gasteiger partial charge in [0, 0.05) is 38.6 Å². The van der Waals surface area contributed by atoms with E-state index in [1.54, 1.807) is 0 Å². The summed E-state index contributed by atoms with van der Waals surface area (Å²) in [6.07, 6.45) is -1.91. The van der Waals surface area contributed by atoms with Crippen LogP contribution in [0, 0.1) is 18.7 Å². The summed E-state index contributed by atoms with van der Waals surface area (Å²) in [7, 11) is 0. The van der Waals surface area contributed by atoms with Crippen molar-refractivity contribution < 1.29 is 35.8 Å². The number of nitrogen functional groups attached to an aromatic ring is 1. The first kappa shape index (κ1) is 33.8. The van der Waals surface area contributed by atoms with Crippen LogP contribution in [-0.2, 0) is 6.18 Å². The highest BCUT2D eigenvalue weighted by atomic mass is 35.5. The van der Waals surface area contributed by atoms with Gasteiger partial charge in [0.1, 0.15) is 36.5 Å². The second kappa shape index (κ2) is 12.4. The minimum absolute atomic E-state index is 0.0514. The minimum Gasteiger partial charge on any atom is -0.489 e. The maximum absolute atomic E-state index is 17.1. The molecule has 2 N–H and O–H groups in total. The van der Waals surface area contributed by atoms with E-state index in [0.717, 1.165) is 31.9 Å². The van der Waals surface area contributed by atoms with Crippen molar-refractivity contribution in [2.24, 2.45) is 5.92 Å². The SMILES string of the molecule is Cc1cc(N)nc(-c2c(Cl)c3c4c(nc(OCC56CCCN5CC(F)C6)nc4c2F)N2CC4CCC(CN4CCCF)C2CO3)c1C(F)(F)F. The molecule has 1 aromatic carbocycles. The largest absolute Gasteiger partial charge is 0.489 e. The topological polar surface area (TPSA) is 92.9 Å². The maximum Gasteiger partial charge on any atom is 0.418 e. The number of piperidine rings is 1. The van der Waals surface area contributed by atoms with E-state index in [9.17, 15) is 22.0 Å². The van der Waals surface area contributed by atoms with Crippen molar-refractivity contribution in [2.45, 2.75) is 75.4 Å². The number of nitrogens with two attached hydrogens (primary N) is 1. The summed E-state index contributed by atoms with van der Waals surface area (Å²) in [5, 5.41) is -0.286. The molecule has 5 unspecified atom stereocenters. The predicted molar refractivity (Wildman–Crippen MR) is 176 cm³/mol. The molecule has 2 bridgehead atoms. The number of anilines is 2. The Balaban J connectivity index is 1.32. The summed E-state index contributed by atoms with van der Waals surface area (Å²) in [5.74, 6) is -1.09. The molecule has 0 spiro atoms. The van der Waals surface area contributed by atoms with Gasteiger partial charge in [-0.15, -0.1) is 0 Å². The number of hydrogen-bond acceptors (Lipinski definition) is 9. The number of pyridine rings is 1. The molecule has 50 heavy (non-hydrogen) atoms. The van der Waals surface area contributed by atoms with Gasteiger partial charge < -0.3 is 20.1 Å². The lowest BCUT2D eigenvalue weighted by molar-refractivity contribution is -0.137. The molecule has 0 saturated carbocycles. The lowest BCUT2D eigenvalue weighted by atomic mass is 9.90. The molecule has 16 heteroatoms. The smallest absolute Gasteiger partial charge is 0.418 e. The molecular formula is C34H38ClF6N7O2. The first-order chi connectivity index (χ1) is 23.9. The summed E-state index contributed by atoms with van der Waals surface area (Å²) in [6, 6.07) is 0.674. The standard InChI is InChI=1S/C34H38ClF6N7O2/c1-17-10-22(42)43-28(25(17)34(39,40)41)23-26(35)30-24-29(27(23)38)44-32(50-16-33-6-2-9-47(33)13-19(37)11-33)45-31(24)48-14-20-5-4-18(21(48)15-49-30)12-46(20)8-3-7-36/h10,18-21H,2-9,11-16H2,1H3,(H2,42,43). The highest BCUT2D eigenvalue weighted by molar-refractivity contribution is 6.36. The van der Waals surface area contributed by atoms with Crippen molar-refractivity contribution in [1.82, 2.24) is 24.8 Å². The highest BCUT2D eigenvalue weighted by Crippen LogP contribution is 2.52. The van der Waals surface area contributed by atoms with Crippen molar-refractivity contribution in [3.05, 3.63) is 28.0 Å². The molecule has 6 aliphatic rings. The molecule has 2 aromatic heterocycles. The average molecular weight is 726 g/mol. The van der Waals surface area contributed by atoms with Gasteiger partial charge in [-0.3, -0.25) is 14.2 Å². The van der Waals surface area contributed by atoms with Crippen molar-refractivity contribution in [2.75, 3.05) is 63.2 Å². The number of aromatic nitrogens is 3. The number of alkyl halides is 5. The first-order valence-electron chi connectivity index (χ1n) is 17.2. The second-order valence-electron chi connectivity index (χ2n) is 14.4. The zero-order valence-corrected chi connectivity index (χ0v) is 28.3. The Hall–Kier alpha value is -3.30. The molecule has 9 rings (SSSR count). The molecule has 0 amide bonds. The van der Waals surface area contributed by atoms with Crippen LogP contribution in [0.1, 0.15) is 49.7 Å². The molecular weight excluding hydrogens is 688 g/mol. The second-order valence-corrected chi connectivity index (χ2v) is 14.8. The number of aryl methyl sites for hydroxylation is 1. The fourth-order valence-electron chi connectivity index (χ4n) is 9.18. The van der Waals surface area contributed by atoms with E-state index in [4.69, 9.17) is 31.8 Å². The molecule has 5 saturated heterocycles. The summed E-state index contributed by atoms with van der Waals surface area (Å²) in [4.78, 5) is 19.7. The third kappa shape index (κ3) is 5.49. The van der Waals surface area contributed by atoms with Gasteiger partial charge in [0.25, 0.3) is 0 Å².